The molecular formula is C12H15ClN2O2. The molecule has 0 aromatic heterocycles. The standard InChI is InChI=1S/C12H15ClN2O2/c1-12(7-14-2)8-15(11(16)17-12)10-5-3-9(13)4-6-10/h3-6,14H,7-8H2,1-2H3. The van der Waals surface area contributed by atoms with E-state index in [9.17, 15) is 4.79 Å². The van der Waals surface area contributed by atoms with Crippen LogP contribution < -0.4 is 10.2 Å². The van der Waals surface area contributed by atoms with Crippen molar-refractivity contribution < 1.29 is 9.53 Å². The van der Waals surface area contributed by atoms with E-state index in [-0.39, 0.29) is 6.09 Å². The minimum atomic E-state index is -0.481. The molecule has 17 heavy (non-hydrogen) atoms. The van der Waals surface area contributed by atoms with Gasteiger partial charge in [-0.3, -0.25) is 4.90 Å². The molecule has 1 fully saturated rings. The summed E-state index contributed by atoms with van der Waals surface area (Å²) in [6.07, 6.45) is -0.315. The maximum Gasteiger partial charge on any atom is 0.415 e. The summed E-state index contributed by atoms with van der Waals surface area (Å²) in [5.41, 5.74) is 0.324. The van der Waals surface area contributed by atoms with Crippen molar-refractivity contribution >= 4 is 23.4 Å². The zero-order valence-corrected chi connectivity index (χ0v) is 10.6. The van der Waals surface area contributed by atoms with E-state index in [0.717, 1.165) is 5.69 Å². The first kappa shape index (κ1) is 12.2. The first-order chi connectivity index (χ1) is 8.04. The quantitative estimate of drug-likeness (QED) is 0.900. The van der Waals surface area contributed by atoms with Crippen LogP contribution in [-0.2, 0) is 4.74 Å². The lowest BCUT2D eigenvalue weighted by molar-refractivity contribution is 0.0734. The number of ether oxygens (including phenoxy) is 1. The number of halogens is 1. The average Bonchev–Trinajstić information content (AvgIpc) is 2.56. The van der Waals surface area contributed by atoms with Crippen molar-refractivity contribution in [3.63, 3.8) is 0 Å². The molecule has 0 bridgehead atoms. The van der Waals surface area contributed by atoms with Gasteiger partial charge in [0.2, 0.25) is 0 Å². The summed E-state index contributed by atoms with van der Waals surface area (Å²) in [6, 6.07) is 7.15. The number of nitrogens with zero attached hydrogens (tertiary/aromatic N) is 1. The fraction of sp³-hybridized carbons (Fsp3) is 0.417. The van der Waals surface area contributed by atoms with Gasteiger partial charge in [0.15, 0.2) is 0 Å². The third-order valence-electron chi connectivity index (χ3n) is 2.74. The zero-order chi connectivity index (χ0) is 12.5. The van der Waals surface area contributed by atoms with Gasteiger partial charge in [-0.05, 0) is 38.2 Å². The topological polar surface area (TPSA) is 41.6 Å². The molecule has 1 aliphatic heterocycles. The lowest BCUT2D eigenvalue weighted by Gasteiger charge is -2.21. The monoisotopic (exact) mass is 254 g/mol. The minimum Gasteiger partial charge on any atom is -0.440 e. The van der Waals surface area contributed by atoms with E-state index in [0.29, 0.717) is 18.1 Å². The lowest BCUT2D eigenvalue weighted by Crippen LogP contribution is -2.40. The van der Waals surface area contributed by atoms with Crippen LogP contribution in [0.25, 0.3) is 0 Å². The number of amides is 1. The maximum atomic E-state index is 11.8. The molecule has 2 rings (SSSR count). The molecule has 1 N–H and O–H groups in total. The average molecular weight is 255 g/mol. The van der Waals surface area contributed by atoms with Crippen molar-refractivity contribution in [3.8, 4) is 0 Å². The van der Waals surface area contributed by atoms with Gasteiger partial charge in [-0.2, -0.15) is 0 Å². The highest BCUT2D eigenvalue weighted by Crippen LogP contribution is 2.28. The van der Waals surface area contributed by atoms with E-state index in [1.165, 1.54) is 0 Å². The fourth-order valence-corrected chi connectivity index (χ4v) is 2.11. The Kier molecular flexibility index (Phi) is 3.26. The number of likely N-dealkylation sites (N-methyl/N-ethyl adjacent to an activating group) is 1. The van der Waals surface area contributed by atoms with Crippen molar-refractivity contribution in [1.82, 2.24) is 5.32 Å². The first-order valence-corrected chi connectivity index (χ1v) is 5.82. The second kappa shape index (κ2) is 4.55. The SMILES string of the molecule is CNCC1(C)CN(c2ccc(Cl)cc2)C(=O)O1. The van der Waals surface area contributed by atoms with Gasteiger partial charge in [0.25, 0.3) is 0 Å². The van der Waals surface area contributed by atoms with E-state index < -0.39 is 5.60 Å². The van der Waals surface area contributed by atoms with E-state index in [1.807, 2.05) is 26.1 Å². The Morgan fingerprint density at radius 3 is 2.71 bits per heavy atom. The fourth-order valence-electron chi connectivity index (χ4n) is 1.98. The molecule has 0 spiro atoms. The predicted octanol–water partition coefficient (Wildman–Crippen LogP) is 2.27. The van der Waals surface area contributed by atoms with Crippen molar-refractivity contribution in [2.75, 3.05) is 25.0 Å². The van der Waals surface area contributed by atoms with Crippen molar-refractivity contribution in [3.05, 3.63) is 29.3 Å². The van der Waals surface area contributed by atoms with Crippen LogP contribution in [0.5, 0.6) is 0 Å². The van der Waals surface area contributed by atoms with Crippen LogP contribution in [-0.4, -0.2) is 31.8 Å². The molecule has 1 atom stereocenters. The van der Waals surface area contributed by atoms with E-state index in [2.05, 4.69) is 5.32 Å². The Morgan fingerprint density at radius 2 is 2.12 bits per heavy atom. The summed E-state index contributed by atoms with van der Waals surface area (Å²) in [6.45, 7) is 3.08. The van der Waals surface area contributed by atoms with Crippen LogP contribution in [0.3, 0.4) is 0 Å². The molecule has 1 amide bonds. The molecular weight excluding hydrogens is 240 g/mol. The molecule has 1 saturated heterocycles. The van der Waals surface area contributed by atoms with Crippen LogP contribution in [0.1, 0.15) is 6.92 Å². The third kappa shape index (κ3) is 2.53. The molecule has 1 aliphatic rings. The van der Waals surface area contributed by atoms with Gasteiger partial charge < -0.3 is 10.1 Å². The molecule has 0 aliphatic carbocycles. The van der Waals surface area contributed by atoms with Crippen LogP contribution >= 0.6 is 11.6 Å². The normalized spacial score (nSPS) is 23.9. The highest BCUT2D eigenvalue weighted by atomic mass is 35.5. The number of cyclic esters (lactones) is 1. The minimum absolute atomic E-state index is 0.315. The summed E-state index contributed by atoms with van der Waals surface area (Å²) in [7, 11) is 1.84. The molecule has 1 aromatic carbocycles. The van der Waals surface area contributed by atoms with Gasteiger partial charge in [-0.1, -0.05) is 11.6 Å². The van der Waals surface area contributed by atoms with Crippen molar-refractivity contribution in [2.45, 2.75) is 12.5 Å². The van der Waals surface area contributed by atoms with Crippen molar-refractivity contribution in [2.24, 2.45) is 0 Å². The lowest BCUT2D eigenvalue weighted by atomic mass is 10.1. The van der Waals surface area contributed by atoms with Gasteiger partial charge in [-0.15, -0.1) is 0 Å². The molecule has 1 aromatic rings. The first-order valence-electron chi connectivity index (χ1n) is 5.45. The van der Waals surface area contributed by atoms with Crippen LogP contribution in [0, 0.1) is 0 Å². The molecule has 0 saturated carbocycles. The summed E-state index contributed by atoms with van der Waals surface area (Å²) < 4.78 is 5.38. The summed E-state index contributed by atoms with van der Waals surface area (Å²) in [4.78, 5) is 13.4. The van der Waals surface area contributed by atoms with E-state index in [4.69, 9.17) is 16.3 Å². The van der Waals surface area contributed by atoms with E-state index >= 15 is 0 Å². The Morgan fingerprint density at radius 1 is 1.47 bits per heavy atom. The van der Waals surface area contributed by atoms with Crippen molar-refractivity contribution in [1.29, 1.82) is 0 Å². The van der Waals surface area contributed by atoms with Crippen LogP contribution in [0.4, 0.5) is 10.5 Å². The van der Waals surface area contributed by atoms with Gasteiger partial charge in [0.05, 0.1) is 6.54 Å². The molecule has 5 heteroatoms. The maximum absolute atomic E-state index is 11.8. The van der Waals surface area contributed by atoms with E-state index in [1.54, 1.807) is 17.0 Å². The third-order valence-corrected chi connectivity index (χ3v) is 2.99. The summed E-state index contributed by atoms with van der Waals surface area (Å²) in [5.74, 6) is 0. The smallest absolute Gasteiger partial charge is 0.415 e. The Hall–Kier alpha value is -1.26. The molecule has 0 radical (unpaired) electrons. The molecule has 4 nitrogen and oxygen atoms in total. The second-order valence-electron chi connectivity index (χ2n) is 4.41. The summed E-state index contributed by atoms with van der Waals surface area (Å²) in [5, 5.41) is 3.68. The summed E-state index contributed by atoms with van der Waals surface area (Å²) >= 11 is 5.82. The highest BCUT2D eigenvalue weighted by molar-refractivity contribution is 6.30. The predicted molar refractivity (Wildman–Crippen MR) is 67.6 cm³/mol. The van der Waals surface area contributed by atoms with Gasteiger partial charge >= 0.3 is 6.09 Å². The Labute approximate surface area is 106 Å². The number of hydrogen-bond donors (Lipinski definition) is 1. The molecule has 92 valence electrons. The van der Waals surface area contributed by atoms with Gasteiger partial charge in [0, 0.05) is 17.3 Å². The largest absolute Gasteiger partial charge is 0.440 e. The van der Waals surface area contributed by atoms with Gasteiger partial charge in [0.1, 0.15) is 5.60 Å². The number of carbonyl (C=O) groups is 1. The Balaban J connectivity index is 2.18. The zero-order valence-electron chi connectivity index (χ0n) is 9.87. The number of carbonyl (C=O) groups excluding carboxylic acids is 1. The van der Waals surface area contributed by atoms with Gasteiger partial charge in [-0.25, -0.2) is 4.79 Å². The second-order valence-corrected chi connectivity index (χ2v) is 4.85. The Bertz CT molecular complexity index is 421. The number of hydrogen-bond acceptors (Lipinski definition) is 3. The number of rotatable bonds is 3. The number of anilines is 1. The molecule has 1 unspecified atom stereocenters. The number of nitrogens with one attached hydrogen (secondary N) is 1. The molecule has 1 heterocycles. The van der Waals surface area contributed by atoms with Crippen LogP contribution in [0.2, 0.25) is 5.02 Å². The highest BCUT2D eigenvalue weighted by Gasteiger charge is 2.41. The van der Waals surface area contributed by atoms with Crippen LogP contribution in [0.15, 0.2) is 24.3 Å². The number of benzene rings is 1.